The van der Waals surface area contributed by atoms with Crippen molar-refractivity contribution in [1.82, 2.24) is 0 Å². The number of hydrogen-bond donors (Lipinski definition) is 0. The normalized spacial score (nSPS) is 8.85. The van der Waals surface area contributed by atoms with Crippen molar-refractivity contribution in [3.05, 3.63) is 78.9 Å². The second kappa shape index (κ2) is 8.48. The third kappa shape index (κ3) is 5.83. The third-order valence-corrected chi connectivity index (χ3v) is 2.41. The fraction of sp³-hybridized carbons (Fsp3) is 0.0556. The summed E-state index contributed by atoms with van der Waals surface area (Å²) in [5.74, 6) is 0.259. The number of carbonyl (C=O) groups excluding carboxylic acids is 1. The van der Waals surface area contributed by atoms with Gasteiger partial charge in [-0.25, -0.2) is 0 Å². The highest BCUT2D eigenvalue weighted by Crippen LogP contribution is 2.12. The lowest BCUT2D eigenvalue weighted by molar-refractivity contribution is -0.131. The largest absolute Gasteiger partial charge is 0.427 e. The predicted octanol–water partition coefficient (Wildman–Crippen LogP) is 4.58. The molecule has 2 nitrogen and oxygen atoms in total. The maximum atomic E-state index is 10.5. The molecule has 0 amide bonds. The van der Waals surface area contributed by atoms with Gasteiger partial charge in [0.15, 0.2) is 0 Å². The van der Waals surface area contributed by atoms with Crippen LogP contribution in [0.2, 0.25) is 0 Å². The summed E-state index contributed by atoms with van der Waals surface area (Å²) >= 11 is 0. The van der Waals surface area contributed by atoms with E-state index >= 15 is 0 Å². The first kappa shape index (κ1) is 15.4. The Bertz CT molecular complexity index is 554. The molecule has 0 aromatic heterocycles. The third-order valence-electron chi connectivity index (χ3n) is 2.41. The molecule has 0 N–H and O–H groups in total. The molecule has 2 rings (SSSR count). The highest BCUT2D eigenvalue weighted by Gasteiger charge is 1.95. The average Bonchev–Trinajstić information content (AvgIpc) is 2.49. The minimum Gasteiger partial charge on any atom is -0.427 e. The van der Waals surface area contributed by atoms with Crippen molar-refractivity contribution in [1.29, 1.82) is 0 Å². The van der Waals surface area contributed by atoms with Gasteiger partial charge in [0, 0.05) is 6.92 Å². The van der Waals surface area contributed by atoms with Crippen molar-refractivity contribution in [2.45, 2.75) is 6.92 Å². The molecule has 0 unspecified atom stereocenters. The van der Waals surface area contributed by atoms with Crippen LogP contribution in [0.1, 0.15) is 18.1 Å². The predicted molar refractivity (Wildman–Crippen MR) is 84.4 cm³/mol. The summed E-state index contributed by atoms with van der Waals surface area (Å²) in [7, 11) is 0. The van der Waals surface area contributed by atoms with E-state index in [9.17, 15) is 4.79 Å². The minimum atomic E-state index is -0.304. The van der Waals surface area contributed by atoms with E-state index in [2.05, 4.69) is 13.2 Å². The number of ether oxygens (including phenoxy) is 1. The smallest absolute Gasteiger partial charge is 0.308 e. The van der Waals surface area contributed by atoms with E-state index < -0.39 is 0 Å². The number of carbonyl (C=O) groups is 1. The standard InChI is InChI=1S/C10H10O2.C8H8/c1-3-9-4-6-10(7-5-9)12-8(2)11;1-2-8-6-4-3-5-7-8/h3-7H,1H2,2H3;2-7H,1H2. The van der Waals surface area contributed by atoms with Gasteiger partial charge in [0.05, 0.1) is 0 Å². The molecule has 0 saturated carbocycles. The van der Waals surface area contributed by atoms with Crippen LogP contribution >= 0.6 is 0 Å². The lowest BCUT2D eigenvalue weighted by Crippen LogP contribution is -2.00. The quantitative estimate of drug-likeness (QED) is 0.600. The summed E-state index contributed by atoms with van der Waals surface area (Å²) in [4.78, 5) is 10.5. The number of benzene rings is 2. The van der Waals surface area contributed by atoms with Crippen LogP contribution in [0.3, 0.4) is 0 Å². The van der Waals surface area contributed by atoms with Crippen molar-refractivity contribution in [2.75, 3.05) is 0 Å². The van der Waals surface area contributed by atoms with Crippen LogP contribution in [-0.4, -0.2) is 5.97 Å². The van der Waals surface area contributed by atoms with E-state index in [0.29, 0.717) is 5.75 Å². The van der Waals surface area contributed by atoms with E-state index in [1.54, 1.807) is 18.2 Å². The van der Waals surface area contributed by atoms with Gasteiger partial charge in [-0.15, -0.1) is 0 Å². The van der Waals surface area contributed by atoms with Gasteiger partial charge in [-0.3, -0.25) is 4.79 Å². The molecule has 0 fully saturated rings. The first-order chi connectivity index (χ1) is 9.65. The highest BCUT2D eigenvalue weighted by molar-refractivity contribution is 5.69. The topological polar surface area (TPSA) is 26.3 Å². The van der Waals surface area contributed by atoms with Crippen LogP contribution in [0.5, 0.6) is 5.75 Å². The summed E-state index contributed by atoms with van der Waals surface area (Å²) < 4.78 is 4.84. The summed E-state index contributed by atoms with van der Waals surface area (Å²) in [5, 5.41) is 0. The zero-order valence-corrected chi connectivity index (χ0v) is 11.6. The van der Waals surface area contributed by atoms with Gasteiger partial charge < -0.3 is 4.74 Å². The maximum absolute atomic E-state index is 10.5. The Labute approximate surface area is 120 Å². The molecule has 0 aliphatic carbocycles. The summed E-state index contributed by atoms with van der Waals surface area (Å²) in [6.45, 7) is 8.62. The Balaban J connectivity index is 0.000000217. The molecular formula is C18H18O2. The van der Waals surface area contributed by atoms with E-state index in [1.807, 2.05) is 48.5 Å². The number of esters is 1. The second-order valence-electron chi connectivity index (χ2n) is 3.98. The molecule has 0 aliphatic rings. The van der Waals surface area contributed by atoms with E-state index in [0.717, 1.165) is 5.56 Å². The van der Waals surface area contributed by atoms with Gasteiger partial charge in [0.1, 0.15) is 5.75 Å². The van der Waals surface area contributed by atoms with Crippen molar-refractivity contribution in [3.63, 3.8) is 0 Å². The summed E-state index contributed by atoms with van der Waals surface area (Å²) in [6.07, 6.45) is 3.57. The average molecular weight is 266 g/mol. The second-order valence-corrected chi connectivity index (χ2v) is 3.98. The van der Waals surface area contributed by atoms with Gasteiger partial charge in [0.2, 0.25) is 0 Å². The zero-order chi connectivity index (χ0) is 14.8. The SMILES string of the molecule is C=Cc1ccc(OC(C)=O)cc1.C=Cc1ccccc1. The molecule has 0 bridgehead atoms. The Hall–Kier alpha value is -2.61. The fourth-order valence-corrected chi connectivity index (χ4v) is 1.43. The van der Waals surface area contributed by atoms with Gasteiger partial charge >= 0.3 is 5.97 Å². The van der Waals surface area contributed by atoms with Crippen molar-refractivity contribution in [3.8, 4) is 5.75 Å². The van der Waals surface area contributed by atoms with Crippen LogP contribution < -0.4 is 4.74 Å². The number of rotatable bonds is 3. The van der Waals surface area contributed by atoms with E-state index in [1.165, 1.54) is 12.5 Å². The molecule has 0 atom stereocenters. The molecule has 0 aliphatic heterocycles. The summed E-state index contributed by atoms with van der Waals surface area (Å²) in [5.41, 5.74) is 2.18. The Morgan fingerprint density at radius 2 is 1.40 bits per heavy atom. The minimum absolute atomic E-state index is 0.304. The lowest BCUT2D eigenvalue weighted by atomic mass is 10.2. The molecule has 102 valence electrons. The Kier molecular flexibility index (Phi) is 6.55. The van der Waals surface area contributed by atoms with Crippen LogP contribution in [0, 0.1) is 0 Å². The maximum Gasteiger partial charge on any atom is 0.308 e. The fourth-order valence-electron chi connectivity index (χ4n) is 1.43. The van der Waals surface area contributed by atoms with Gasteiger partial charge in [-0.2, -0.15) is 0 Å². The van der Waals surface area contributed by atoms with Gasteiger partial charge in [-0.05, 0) is 23.3 Å². The molecule has 2 aromatic rings. The Morgan fingerprint density at radius 3 is 1.80 bits per heavy atom. The first-order valence-corrected chi connectivity index (χ1v) is 6.24. The molecular weight excluding hydrogens is 248 g/mol. The first-order valence-electron chi connectivity index (χ1n) is 6.24. The molecule has 2 heteroatoms. The van der Waals surface area contributed by atoms with E-state index in [4.69, 9.17) is 4.74 Å². The van der Waals surface area contributed by atoms with Crippen LogP contribution in [0.25, 0.3) is 12.2 Å². The van der Waals surface area contributed by atoms with Crippen molar-refractivity contribution < 1.29 is 9.53 Å². The van der Waals surface area contributed by atoms with Crippen LogP contribution in [0.4, 0.5) is 0 Å². The lowest BCUT2D eigenvalue weighted by Gasteiger charge is -1.99. The summed E-state index contributed by atoms with van der Waals surface area (Å²) in [6, 6.07) is 17.2. The van der Waals surface area contributed by atoms with Crippen molar-refractivity contribution >= 4 is 18.1 Å². The zero-order valence-electron chi connectivity index (χ0n) is 11.6. The molecule has 0 heterocycles. The van der Waals surface area contributed by atoms with Gasteiger partial charge in [-0.1, -0.05) is 67.8 Å². The molecule has 0 spiro atoms. The number of hydrogen-bond acceptors (Lipinski definition) is 2. The van der Waals surface area contributed by atoms with Crippen LogP contribution in [0.15, 0.2) is 67.8 Å². The highest BCUT2D eigenvalue weighted by atomic mass is 16.5. The van der Waals surface area contributed by atoms with E-state index in [-0.39, 0.29) is 5.97 Å². The van der Waals surface area contributed by atoms with Crippen LogP contribution in [-0.2, 0) is 4.79 Å². The molecule has 20 heavy (non-hydrogen) atoms. The molecule has 0 radical (unpaired) electrons. The Morgan fingerprint density at radius 1 is 0.900 bits per heavy atom. The molecule has 2 aromatic carbocycles. The van der Waals surface area contributed by atoms with Gasteiger partial charge in [0.25, 0.3) is 0 Å². The van der Waals surface area contributed by atoms with Crippen molar-refractivity contribution in [2.24, 2.45) is 0 Å². The monoisotopic (exact) mass is 266 g/mol. The molecule has 0 saturated heterocycles.